The van der Waals surface area contributed by atoms with Crippen LogP contribution in [0.5, 0.6) is 0 Å². The average molecular weight is 199 g/mol. The summed E-state index contributed by atoms with van der Waals surface area (Å²) in [6.45, 7) is 6.40. The molecule has 1 aliphatic rings. The molecule has 1 saturated heterocycles. The van der Waals surface area contributed by atoms with E-state index in [-0.39, 0.29) is 17.8 Å². The van der Waals surface area contributed by atoms with Gasteiger partial charge in [0.25, 0.3) is 0 Å². The molecule has 0 spiro atoms. The Morgan fingerprint density at radius 2 is 2.36 bits per heavy atom. The summed E-state index contributed by atoms with van der Waals surface area (Å²) in [4.78, 5) is 24.5. The van der Waals surface area contributed by atoms with Gasteiger partial charge in [-0.3, -0.25) is 4.79 Å². The monoisotopic (exact) mass is 199 g/mol. The number of nitrogens with zero attached hydrogens (tertiary/aromatic N) is 1. The van der Waals surface area contributed by atoms with Gasteiger partial charge in [0.05, 0.1) is 6.61 Å². The first-order chi connectivity index (χ1) is 6.57. The van der Waals surface area contributed by atoms with Crippen molar-refractivity contribution in [3.05, 3.63) is 0 Å². The van der Waals surface area contributed by atoms with Crippen LogP contribution in [0, 0.1) is 5.92 Å². The molecule has 4 nitrogen and oxygen atoms in total. The molecule has 1 fully saturated rings. The standard InChI is InChI=1S/C10H17NO3/c1-4-14-10(13)8(3)11-6-5-7(2)9(11)12/h7-8H,4-6H2,1-3H3/t7-,8+/m0/s1. The molecule has 0 radical (unpaired) electrons. The van der Waals surface area contributed by atoms with Crippen LogP contribution in [0.4, 0.5) is 0 Å². The Bertz CT molecular complexity index is 240. The molecule has 1 aliphatic heterocycles. The molecule has 1 amide bonds. The Kier molecular flexibility index (Phi) is 3.49. The molecule has 0 unspecified atom stereocenters. The Morgan fingerprint density at radius 1 is 1.71 bits per heavy atom. The predicted molar refractivity (Wildman–Crippen MR) is 51.6 cm³/mol. The van der Waals surface area contributed by atoms with E-state index in [1.165, 1.54) is 0 Å². The van der Waals surface area contributed by atoms with Gasteiger partial charge in [0.1, 0.15) is 6.04 Å². The highest BCUT2D eigenvalue weighted by molar-refractivity contribution is 5.86. The fraction of sp³-hybridized carbons (Fsp3) is 0.800. The van der Waals surface area contributed by atoms with Gasteiger partial charge in [-0.05, 0) is 20.3 Å². The highest BCUT2D eigenvalue weighted by Gasteiger charge is 2.34. The van der Waals surface area contributed by atoms with Crippen molar-refractivity contribution in [1.82, 2.24) is 4.90 Å². The van der Waals surface area contributed by atoms with E-state index >= 15 is 0 Å². The average Bonchev–Trinajstić information content (AvgIpc) is 2.47. The van der Waals surface area contributed by atoms with Crippen LogP contribution in [0.3, 0.4) is 0 Å². The second-order valence-electron chi connectivity index (χ2n) is 3.65. The molecule has 1 rings (SSSR count). The lowest BCUT2D eigenvalue weighted by Gasteiger charge is -2.22. The zero-order valence-electron chi connectivity index (χ0n) is 8.95. The van der Waals surface area contributed by atoms with Crippen LogP contribution in [0.25, 0.3) is 0 Å². The zero-order chi connectivity index (χ0) is 10.7. The normalized spacial score (nSPS) is 23.8. The lowest BCUT2D eigenvalue weighted by molar-refractivity contribution is -0.153. The molecule has 80 valence electrons. The molecule has 2 atom stereocenters. The topological polar surface area (TPSA) is 46.6 Å². The van der Waals surface area contributed by atoms with Gasteiger partial charge < -0.3 is 9.64 Å². The third-order valence-electron chi connectivity index (χ3n) is 2.60. The van der Waals surface area contributed by atoms with Crippen molar-refractivity contribution in [1.29, 1.82) is 0 Å². The SMILES string of the molecule is CCOC(=O)[C@@H](C)N1CC[C@H](C)C1=O. The van der Waals surface area contributed by atoms with E-state index < -0.39 is 6.04 Å². The number of carbonyl (C=O) groups is 2. The van der Waals surface area contributed by atoms with Crippen LogP contribution in [0.1, 0.15) is 27.2 Å². The third kappa shape index (κ3) is 2.05. The van der Waals surface area contributed by atoms with Crippen LogP contribution < -0.4 is 0 Å². The molecule has 0 aromatic heterocycles. The summed E-state index contributed by atoms with van der Waals surface area (Å²) < 4.78 is 4.87. The number of esters is 1. The zero-order valence-corrected chi connectivity index (χ0v) is 8.95. The summed E-state index contributed by atoms with van der Waals surface area (Å²) in [6, 6.07) is -0.438. The molecule has 0 aromatic carbocycles. The van der Waals surface area contributed by atoms with Crippen LogP contribution in [0.15, 0.2) is 0 Å². The Balaban J connectivity index is 2.57. The van der Waals surface area contributed by atoms with Crippen LogP contribution in [0.2, 0.25) is 0 Å². The minimum absolute atomic E-state index is 0.0480. The van der Waals surface area contributed by atoms with Gasteiger partial charge in [-0.15, -0.1) is 0 Å². The van der Waals surface area contributed by atoms with Gasteiger partial charge in [0.2, 0.25) is 5.91 Å². The smallest absolute Gasteiger partial charge is 0.328 e. The number of hydrogen-bond acceptors (Lipinski definition) is 3. The Labute approximate surface area is 84.2 Å². The first kappa shape index (κ1) is 11.0. The molecule has 0 bridgehead atoms. The summed E-state index contributed by atoms with van der Waals surface area (Å²) in [6.07, 6.45) is 0.836. The fourth-order valence-electron chi connectivity index (χ4n) is 1.62. The van der Waals surface area contributed by atoms with Gasteiger partial charge in [-0.1, -0.05) is 6.92 Å². The minimum Gasteiger partial charge on any atom is -0.464 e. The highest BCUT2D eigenvalue weighted by atomic mass is 16.5. The number of likely N-dealkylation sites (tertiary alicyclic amines) is 1. The lowest BCUT2D eigenvalue weighted by atomic mass is 10.1. The molecule has 4 heteroatoms. The maximum atomic E-state index is 11.6. The quantitative estimate of drug-likeness (QED) is 0.632. The van der Waals surface area contributed by atoms with E-state index in [4.69, 9.17) is 4.74 Å². The number of amides is 1. The molecule has 14 heavy (non-hydrogen) atoms. The largest absolute Gasteiger partial charge is 0.464 e. The van der Waals surface area contributed by atoms with Gasteiger partial charge in [-0.2, -0.15) is 0 Å². The molecule has 1 heterocycles. The van der Waals surface area contributed by atoms with E-state index in [9.17, 15) is 9.59 Å². The third-order valence-corrected chi connectivity index (χ3v) is 2.60. The van der Waals surface area contributed by atoms with E-state index in [1.807, 2.05) is 6.92 Å². The molecule has 0 N–H and O–H groups in total. The fourth-order valence-corrected chi connectivity index (χ4v) is 1.62. The summed E-state index contributed by atoms with van der Waals surface area (Å²) in [5.41, 5.74) is 0. The lowest BCUT2D eigenvalue weighted by Crippen LogP contribution is -2.41. The number of hydrogen-bond donors (Lipinski definition) is 0. The minimum atomic E-state index is -0.438. The summed E-state index contributed by atoms with van der Waals surface area (Å²) in [5, 5.41) is 0. The maximum Gasteiger partial charge on any atom is 0.328 e. The first-order valence-electron chi connectivity index (χ1n) is 5.05. The maximum absolute atomic E-state index is 11.6. The summed E-state index contributed by atoms with van der Waals surface area (Å²) in [7, 11) is 0. The van der Waals surface area contributed by atoms with Crippen molar-refractivity contribution in [3.63, 3.8) is 0 Å². The Hall–Kier alpha value is -1.06. The van der Waals surface area contributed by atoms with Gasteiger partial charge >= 0.3 is 5.97 Å². The van der Waals surface area contributed by atoms with Crippen LogP contribution in [-0.2, 0) is 14.3 Å². The molecule has 0 saturated carbocycles. The molecular weight excluding hydrogens is 182 g/mol. The van der Waals surface area contributed by atoms with Gasteiger partial charge in [0, 0.05) is 12.5 Å². The second kappa shape index (κ2) is 4.44. The van der Waals surface area contributed by atoms with E-state index in [2.05, 4.69) is 0 Å². The van der Waals surface area contributed by atoms with Crippen molar-refractivity contribution in [2.75, 3.05) is 13.2 Å². The number of carbonyl (C=O) groups excluding carboxylic acids is 2. The molecule has 0 aliphatic carbocycles. The predicted octanol–water partition coefficient (Wildman–Crippen LogP) is 0.806. The first-order valence-corrected chi connectivity index (χ1v) is 5.05. The van der Waals surface area contributed by atoms with Gasteiger partial charge in [0.15, 0.2) is 0 Å². The van der Waals surface area contributed by atoms with E-state index in [1.54, 1.807) is 18.7 Å². The summed E-state index contributed by atoms with van der Waals surface area (Å²) in [5.74, 6) is -0.202. The highest BCUT2D eigenvalue weighted by Crippen LogP contribution is 2.19. The van der Waals surface area contributed by atoms with Crippen molar-refractivity contribution in [3.8, 4) is 0 Å². The van der Waals surface area contributed by atoms with Crippen molar-refractivity contribution >= 4 is 11.9 Å². The molecule has 0 aromatic rings. The Morgan fingerprint density at radius 3 is 2.79 bits per heavy atom. The van der Waals surface area contributed by atoms with Crippen molar-refractivity contribution < 1.29 is 14.3 Å². The van der Waals surface area contributed by atoms with E-state index in [0.29, 0.717) is 13.2 Å². The number of rotatable bonds is 3. The van der Waals surface area contributed by atoms with Crippen LogP contribution in [-0.4, -0.2) is 36.0 Å². The number of ether oxygens (including phenoxy) is 1. The van der Waals surface area contributed by atoms with Gasteiger partial charge in [-0.25, -0.2) is 4.79 Å². The summed E-state index contributed by atoms with van der Waals surface area (Å²) >= 11 is 0. The molecular formula is C10H17NO3. The second-order valence-corrected chi connectivity index (χ2v) is 3.65. The van der Waals surface area contributed by atoms with Crippen molar-refractivity contribution in [2.45, 2.75) is 33.2 Å². The van der Waals surface area contributed by atoms with E-state index in [0.717, 1.165) is 6.42 Å². The van der Waals surface area contributed by atoms with Crippen molar-refractivity contribution in [2.24, 2.45) is 5.92 Å². The van der Waals surface area contributed by atoms with Crippen LogP contribution >= 0.6 is 0 Å².